The van der Waals surface area contributed by atoms with Crippen LogP contribution in [0.5, 0.6) is 0 Å². The number of hydrogen-bond acceptors (Lipinski definition) is 1. The van der Waals surface area contributed by atoms with Crippen LogP contribution in [0.2, 0.25) is 0 Å². The highest BCUT2D eigenvalue weighted by molar-refractivity contribution is 6.04. The topological polar surface area (TPSA) is 3.24 Å². The van der Waals surface area contributed by atoms with E-state index < -0.39 is 5.41 Å². The highest BCUT2D eigenvalue weighted by Gasteiger charge is 2.47. The maximum atomic E-state index is 2.47. The van der Waals surface area contributed by atoms with Gasteiger partial charge in [0.05, 0.1) is 5.41 Å². The van der Waals surface area contributed by atoms with Crippen LogP contribution in [-0.2, 0) is 10.8 Å². The zero-order valence-corrected chi connectivity index (χ0v) is 35.5. The lowest BCUT2D eigenvalue weighted by Gasteiger charge is -2.34. The van der Waals surface area contributed by atoms with Crippen LogP contribution in [0.4, 0.5) is 17.1 Å². The van der Waals surface area contributed by atoms with Gasteiger partial charge in [0.2, 0.25) is 0 Å². The van der Waals surface area contributed by atoms with E-state index in [1.54, 1.807) is 0 Å². The molecular weight excluding hydrogens is 759 g/mol. The molecule has 0 heterocycles. The highest BCUT2D eigenvalue weighted by atomic mass is 15.1. The van der Waals surface area contributed by atoms with Gasteiger partial charge in [-0.05, 0) is 137 Å². The Hall–Kier alpha value is -7.74. The fraction of sp³-hybridized carbons (Fsp3) is 0.0645. The molecule has 0 fully saturated rings. The number of fused-ring (bicyclic) bond motifs is 8. The lowest BCUT2D eigenvalue weighted by atomic mass is 9.67. The first-order valence-corrected chi connectivity index (χ1v) is 22.1. The minimum absolute atomic E-state index is 0.0824. The summed E-state index contributed by atoms with van der Waals surface area (Å²) < 4.78 is 0. The van der Waals surface area contributed by atoms with E-state index in [0.29, 0.717) is 0 Å². The SMILES string of the molecule is CC1(C)c2ccccc2-c2ccc(N(c3ccccc3)c3ccc(-c4cccc(-c5ccc6c(c5)C(c5ccccc5)(c5ccccc5)c5ccc7ccccc7c5-6)c4)cc3)cc21. The molecule has 0 aliphatic heterocycles. The van der Waals surface area contributed by atoms with Gasteiger partial charge in [-0.3, -0.25) is 0 Å². The number of hydrogen-bond donors (Lipinski definition) is 0. The standard InChI is InChI=1S/C62H45N/c1-61(2)56-28-15-14-27-53(56)54-37-35-51(41-58(54)61)63(49-24-10-5-11-25-49)50-33-29-42(30-34-50)44-18-16-19-45(39-44)46-31-36-55-59(40-46)62(47-20-6-3-7-21-47,48-22-8-4-9-23-48)57-38-32-43-17-12-13-26-52(43)60(55)57/h3-41H,1-2H3. The first-order valence-electron chi connectivity index (χ1n) is 22.1. The second-order valence-electron chi connectivity index (χ2n) is 17.7. The van der Waals surface area contributed by atoms with Crippen LogP contribution in [0.15, 0.2) is 237 Å². The minimum atomic E-state index is -0.482. The Labute approximate surface area is 370 Å². The molecule has 2 aliphatic carbocycles. The molecule has 12 rings (SSSR count). The Morgan fingerprint density at radius 3 is 1.62 bits per heavy atom. The molecule has 1 nitrogen and oxygen atoms in total. The molecule has 0 saturated heterocycles. The smallest absolute Gasteiger partial charge is 0.0714 e. The second kappa shape index (κ2) is 14.4. The van der Waals surface area contributed by atoms with Crippen molar-refractivity contribution >= 4 is 27.8 Å². The molecule has 0 N–H and O–H groups in total. The van der Waals surface area contributed by atoms with E-state index >= 15 is 0 Å². The van der Waals surface area contributed by atoms with Crippen molar-refractivity contribution in [3.63, 3.8) is 0 Å². The van der Waals surface area contributed by atoms with Crippen molar-refractivity contribution in [3.8, 4) is 44.5 Å². The van der Waals surface area contributed by atoms with Gasteiger partial charge >= 0.3 is 0 Å². The Kier molecular flexibility index (Phi) is 8.49. The van der Waals surface area contributed by atoms with Gasteiger partial charge < -0.3 is 4.90 Å². The quantitative estimate of drug-likeness (QED) is 0.155. The molecule has 298 valence electrons. The molecule has 0 aromatic heterocycles. The van der Waals surface area contributed by atoms with Crippen LogP contribution in [-0.4, -0.2) is 0 Å². The van der Waals surface area contributed by atoms with Crippen LogP contribution in [0, 0.1) is 0 Å². The molecule has 0 amide bonds. The third-order valence-corrected chi connectivity index (χ3v) is 13.9. The molecule has 10 aromatic rings. The molecular formula is C62H45N. The van der Waals surface area contributed by atoms with E-state index in [1.807, 2.05) is 0 Å². The van der Waals surface area contributed by atoms with E-state index in [-0.39, 0.29) is 5.41 Å². The average molecular weight is 804 g/mol. The van der Waals surface area contributed by atoms with Gasteiger partial charge in [-0.25, -0.2) is 0 Å². The van der Waals surface area contributed by atoms with Gasteiger partial charge in [0.25, 0.3) is 0 Å². The largest absolute Gasteiger partial charge is 0.310 e. The van der Waals surface area contributed by atoms with Crippen molar-refractivity contribution in [1.82, 2.24) is 0 Å². The fourth-order valence-corrected chi connectivity index (χ4v) is 11.0. The number of benzene rings is 10. The Balaban J connectivity index is 0.951. The first-order chi connectivity index (χ1) is 31.0. The molecule has 0 atom stereocenters. The first kappa shape index (κ1) is 37.1. The van der Waals surface area contributed by atoms with Gasteiger partial charge in [-0.15, -0.1) is 0 Å². The van der Waals surface area contributed by atoms with E-state index in [9.17, 15) is 0 Å². The van der Waals surface area contributed by atoms with E-state index in [1.165, 1.54) is 88.7 Å². The Morgan fingerprint density at radius 1 is 0.317 bits per heavy atom. The summed E-state index contributed by atoms with van der Waals surface area (Å²) in [7, 11) is 0. The van der Waals surface area contributed by atoms with E-state index in [0.717, 1.165) is 17.1 Å². The van der Waals surface area contributed by atoms with Gasteiger partial charge in [-0.1, -0.05) is 202 Å². The van der Waals surface area contributed by atoms with Crippen LogP contribution < -0.4 is 4.90 Å². The van der Waals surface area contributed by atoms with Gasteiger partial charge in [0.1, 0.15) is 0 Å². The van der Waals surface area contributed by atoms with Crippen LogP contribution in [0.3, 0.4) is 0 Å². The summed E-state index contributed by atoms with van der Waals surface area (Å²) in [5, 5.41) is 2.55. The number of rotatable bonds is 7. The van der Waals surface area contributed by atoms with Gasteiger partial charge in [0.15, 0.2) is 0 Å². The van der Waals surface area contributed by atoms with E-state index in [2.05, 4.69) is 255 Å². The molecule has 0 spiro atoms. The summed E-state index contributed by atoms with van der Waals surface area (Å²) in [6.45, 7) is 4.70. The third kappa shape index (κ3) is 5.70. The predicted octanol–water partition coefficient (Wildman–Crippen LogP) is 16.3. The van der Waals surface area contributed by atoms with Crippen molar-refractivity contribution in [2.75, 3.05) is 4.90 Å². The fourth-order valence-electron chi connectivity index (χ4n) is 11.0. The van der Waals surface area contributed by atoms with Crippen molar-refractivity contribution in [1.29, 1.82) is 0 Å². The maximum absolute atomic E-state index is 2.47. The molecule has 0 saturated carbocycles. The summed E-state index contributed by atoms with van der Waals surface area (Å²) in [5.74, 6) is 0. The van der Waals surface area contributed by atoms with Gasteiger partial charge in [0, 0.05) is 22.5 Å². The molecule has 0 bridgehead atoms. The summed E-state index contributed by atoms with van der Waals surface area (Å²) in [5.41, 5.74) is 20.9. The second-order valence-corrected chi connectivity index (χ2v) is 17.7. The summed E-state index contributed by atoms with van der Waals surface area (Å²) >= 11 is 0. The summed E-state index contributed by atoms with van der Waals surface area (Å²) in [4.78, 5) is 2.39. The van der Waals surface area contributed by atoms with Crippen molar-refractivity contribution in [2.45, 2.75) is 24.7 Å². The average Bonchev–Trinajstić information content (AvgIpc) is 3.78. The summed E-state index contributed by atoms with van der Waals surface area (Å²) in [6, 6.07) is 87.7. The lowest BCUT2D eigenvalue weighted by Crippen LogP contribution is -2.28. The molecule has 63 heavy (non-hydrogen) atoms. The van der Waals surface area contributed by atoms with Crippen LogP contribution in [0.1, 0.15) is 47.2 Å². The summed E-state index contributed by atoms with van der Waals surface area (Å²) in [6.07, 6.45) is 0. The third-order valence-electron chi connectivity index (χ3n) is 13.9. The number of para-hydroxylation sites is 1. The van der Waals surface area contributed by atoms with Crippen LogP contribution in [0.25, 0.3) is 55.3 Å². The molecule has 0 unspecified atom stereocenters. The highest BCUT2D eigenvalue weighted by Crippen LogP contribution is 2.58. The minimum Gasteiger partial charge on any atom is -0.310 e. The lowest BCUT2D eigenvalue weighted by molar-refractivity contribution is 0.660. The van der Waals surface area contributed by atoms with Crippen molar-refractivity contribution in [2.24, 2.45) is 0 Å². The Morgan fingerprint density at radius 2 is 0.873 bits per heavy atom. The number of anilines is 3. The number of nitrogens with zero attached hydrogens (tertiary/aromatic N) is 1. The molecule has 0 radical (unpaired) electrons. The maximum Gasteiger partial charge on any atom is 0.0714 e. The van der Waals surface area contributed by atoms with Crippen molar-refractivity contribution in [3.05, 3.63) is 270 Å². The predicted molar refractivity (Wildman–Crippen MR) is 264 cm³/mol. The van der Waals surface area contributed by atoms with Crippen LogP contribution >= 0.6 is 0 Å². The monoisotopic (exact) mass is 803 g/mol. The molecule has 10 aromatic carbocycles. The van der Waals surface area contributed by atoms with Crippen molar-refractivity contribution < 1.29 is 0 Å². The molecule has 1 heteroatoms. The normalized spacial score (nSPS) is 13.8. The zero-order chi connectivity index (χ0) is 42.1. The Bertz CT molecular complexity index is 3310. The molecule has 2 aliphatic rings. The zero-order valence-electron chi connectivity index (χ0n) is 35.5. The van der Waals surface area contributed by atoms with Gasteiger partial charge in [-0.2, -0.15) is 0 Å². The van der Waals surface area contributed by atoms with E-state index in [4.69, 9.17) is 0 Å².